The molecule has 0 saturated carbocycles. The number of nitrogens with zero attached hydrogens (tertiary/aromatic N) is 1. The highest BCUT2D eigenvalue weighted by atomic mass is 35.5. The van der Waals surface area contributed by atoms with Gasteiger partial charge in [0.25, 0.3) is 0 Å². The molecule has 2 N–H and O–H groups in total. The Morgan fingerprint density at radius 2 is 2.22 bits per heavy atom. The monoisotopic (exact) mass is 286 g/mol. The number of thioether (sulfide) groups is 1. The lowest BCUT2D eigenvalue weighted by Gasteiger charge is -2.21. The molecule has 0 amide bonds. The van der Waals surface area contributed by atoms with Crippen molar-refractivity contribution in [1.29, 1.82) is 0 Å². The summed E-state index contributed by atoms with van der Waals surface area (Å²) in [6.45, 7) is 0.842. The molecular weight excluding hydrogens is 272 g/mol. The molecule has 4 nitrogen and oxygen atoms in total. The van der Waals surface area contributed by atoms with Crippen LogP contribution < -0.4 is 5.32 Å². The largest absolute Gasteiger partial charge is 0.476 e. The lowest BCUT2D eigenvalue weighted by atomic mass is 10.0. The second-order valence-electron chi connectivity index (χ2n) is 4.27. The molecule has 98 valence electrons. The summed E-state index contributed by atoms with van der Waals surface area (Å²) < 4.78 is 0. The maximum Gasteiger partial charge on any atom is 0.356 e. The minimum atomic E-state index is -1.10. The highest BCUT2D eigenvalue weighted by molar-refractivity contribution is 7.99. The maximum atomic E-state index is 10.9. The van der Waals surface area contributed by atoms with Crippen LogP contribution in [0.3, 0.4) is 0 Å². The van der Waals surface area contributed by atoms with Crippen molar-refractivity contribution in [3.63, 3.8) is 0 Å². The molecule has 0 aliphatic carbocycles. The van der Waals surface area contributed by atoms with Crippen molar-refractivity contribution in [2.75, 3.05) is 23.4 Å². The molecule has 0 aromatic carbocycles. The SMILES string of the molecule is O=C(O)c1nc(NCC2CCSCC2)ccc1Cl. The van der Waals surface area contributed by atoms with E-state index in [1.165, 1.54) is 24.3 Å². The number of rotatable bonds is 4. The highest BCUT2D eigenvalue weighted by Gasteiger charge is 2.15. The molecule has 18 heavy (non-hydrogen) atoms. The zero-order valence-corrected chi connectivity index (χ0v) is 11.4. The second-order valence-corrected chi connectivity index (χ2v) is 5.90. The number of carbonyl (C=O) groups is 1. The van der Waals surface area contributed by atoms with Crippen LogP contribution >= 0.6 is 23.4 Å². The third-order valence-electron chi connectivity index (χ3n) is 2.96. The van der Waals surface area contributed by atoms with Gasteiger partial charge in [-0.15, -0.1) is 0 Å². The average molecular weight is 287 g/mol. The van der Waals surface area contributed by atoms with Crippen molar-refractivity contribution in [2.45, 2.75) is 12.8 Å². The Morgan fingerprint density at radius 3 is 2.89 bits per heavy atom. The van der Waals surface area contributed by atoms with Gasteiger partial charge in [0.15, 0.2) is 5.69 Å². The fraction of sp³-hybridized carbons (Fsp3) is 0.500. The van der Waals surface area contributed by atoms with Gasteiger partial charge in [0.1, 0.15) is 5.82 Å². The van der Waals surface area contributed by atoms with Gasteiger partial charge in [-0.25, -0.2) is 9.78 Å². The van der Waals surface area contributed by atoms with Gasteiger partial charge in [0.05, 0.1) is 5.02 Å². The molecule has 1 fully saturated rings. The Bertz CT molecular complexity index is 436. The maximum absolute atomic E-state index is 10.9. The lowest BCUT2D eigenvalue weighted by Crippen LogP contribution is -2.20. The fourth-order valence-corrected chi connectivity index (χ4v) is 3.28. The van der Waals surface area contributed by atoms with Gasteiger partial charge >= 0.3 is 5.97 Å². The molecule has 0 radical (unpaired) electrons. The summed E-state index contributed by atoms with van der Waals surface area (Å²) in [5, 5.41) is 12.3. The van der Waals surface area contributed by atoms with Gasteiger partial charge in [0, 0.05) is 6.54 Å². The molecule has 2 heterocycles. The van der Waals surface area contributed by atoms with Crippen molar-refractivity contribution < 1.29 is 9.90 Å². The number of halogens is 1. The molecular formula is C12H15ClN2O2S. The van der Waals surface area contributed by atoms with Crippen LogP contribution in [0.1, 0.15) is 23.3 Å². The van der Waals surface area contributed by atoms with Crippen LogP contribution in [0.5, 0.6) is 0 Å². The number of hydrogen-bond donors (Lipinski definition) is 2. The van der Waals surface area contributed by atoms with Crippen molar-refractivity contribution >= 4 is 35.1 Å². The predicted molar refractivity (Wildman–Crippen MR) is 74.7 cm³/mol. The van der Waals surface area contributed by atoms with Gasteiger partial charge in [-0.05, 0) is 42.4 Å². The highest BCUT2D eigenvalue weighted by Crippen LogP contribution is 2.23. The van der Waals surface area contributed by atoms with E-state index in [-0.39, 0.29) is 10.7 Å². The normalized spacial score (nSPS) is 16.5. The van der Waals surface area contributed by atoms with E-state index in [1.807, 2.05) is 11.8 Å². The minimum Gasteiger partial charge on any atom is -0.476 e. The van der Waals surface area contributed by atoms with E-state index in [1.54, 1.807) is 12.1 Å². The first kappa shape index (κ1) is 13.5. The predicted octanol–water partition coefficient (Wildman–Crippen LogP) is 2.99. The van der Waals surface area contributed by atoms with Gasteiger partial charge in [-0.1, -0.05) is 11.6 Å². The molecule has 1 aliphatic heterocycles. The van der Waals surface area contributed by atoms with Crippen LogP contribution in [0.25, 0.3) is 0 Å². The van der Waals surface area contributed by atoms with Crippen LogP contribution in [-0.2, 0) is 0 Å². The Morgan fingerprint density at radius 1 is 1.50 bits per heavy atom. The summed E-state index contributed by atoms with van der Waals surface area (Å²) in [6, 6.07) is 3.28. The van der Waals surface area contributed by atoms with Crippen LogP contribution in [0.15, 0.2) is 12.1 Å². The standard InChI is InChI=1S/C12H15ClN2O2S/c13-9-1-2-10(15-11(9)12(16)17)14-7-8-3-5-18-6-4-8/h1-2,8H,3-7H2,(H,14,15)(H,16,17). The number of hydrogen-bond acceptors (Lipinski definition) is 4. The van der Waals surface area contributed by atoms with Crippen molar-refractivity contribution in [3.8, 4) is 0 Å². The number of carboxylic acid groups (broad SMARTS) is 1. The summed E-state index contributed by atoms with van der Waals surface area (Å²) in [5.74, 6) is 2.55. The van der Waals surface area contributed by atoms with Gasteiger partial charge in [0.2, 0.25) is 0 Å². The molecule has 2 rings (SSSR count). The van der Waals surface area contributed by atoms with E-state index in [9.17, 15) is 4.79 Å². The molecule has 0 bridgehead atoms. The van der Waals surface area contributed by atoms with E-state index in [0.717, 1.165) is 6.54 Å². The number of aromatic nitrogens is 1. The van der Waals surface area contributed by atoms with Crippen LogP contribution in [0, 0.1) is 5.92 Å². The van der Waals surface area contributed by atoms with E-state index >= 15 is 0 Å². The van der Waals surface area contributed by atoms with Crippen LogP contribution in [0.2, 0.25) is 5.02 Å². The molecule has 0 spiro atoms. The van der Waals surface area contributed by atoms with E-state index in [4.69, 9.17) is 16.7 Å². The van der Waals surface area contributed by atoms with Crippen molar-refractivity contribution in [2.24, 2.45) is 5.92 Å². The second kappa shape index (κ2) is 6.29. The molecule has 1 aromatic heterocycles. The average Bonchev–Trinajstić information content (AvgIpc) is 2.38. The number of anilines is 1. The van der Waals surface area contributed by atoms with Gasteiger partial charge in [-0.3, -0.25) is 0 Å². The molecule has 1 aromatic rings. The quantitative estimate of drug-likeness (QED) is 0.891. The zero-order chi connectivity index (χ0) is 13.0. The summed E-state index contributed by atoms with van der Waals surface area (Å²) in [6.07, 6.45) is 2.41. The number of nitrogens with one attached hydrogen (secondary N) is 1. The topological polar surface area (TPSA) is 62.2 Å². The molecule has 0 atom stereocenters. The number of aromatic carboxylic acids is 1. The first-order chi connectivity index (χ1) is 8.66. The first-order valence-electron chi connectivity index (χ1n) is 5.88. The van der Waals surface area contributed by atoms with E-state index < -0.39 is 5.97 Å². The van der Waals surface area contributed by atoms with Crippen LogP contribution in [0.4, 0.5) is 5.82 Å². The third kappa shape index (κ3) is 3.53. The fourth-order valence-electron chi connectivity index (χ4n) is 1.89. The Labute approximate surface area is 115 Å². The summed E-state index contributed by atoms with van der Waals surface area (Å²) in [7, 11) is 0. The van der Waals surface area contributed by atoms with E-state index in [2.05, 4.69) is 10.3 Å². The molecule has 0 unspecified atom stereocenters. The van der Waals surface area contributed by atoms with E-state index in [0.29, 0.717) is 11.7 Å². The third-order valence-corrected chi connectivity index (χ3v) is 4.32. The number of carboxylic acids is 1. The van der Waals surface area contributed by atoms with Gasteiger partial charge < -0.3 is 10.4 Å². The number of pyridine rings is 1. The molecule has 1 aliphatic rings. The minimum absolute atomic E-state index is 0.0964. The molecule has 6 heteroatoms. The lowest BCUT2D eigenvalue weighted by molar-refractivity contribution is 0.0691. The Kier molecular flexibility index (Phi) is 4.72. The van der Waals surface area contributed by atoms with Crippen LogP contribution in [-0.4, -0.2) is 34.1 Å². The van der Waals surface area contributed by atoms with Crippen molar-refractivity contribution in [1.82, 2.24) is 4.98 Å². The zero-order valence-electron chi connectivity index (χ0n) is 9.86. The summed E-state index contributed by atoms with van der Waals surface area (Å²) >= 11 is 7.76. The summed E-state index contributed by atoms with van der Waals surface area (Å²) in [4.78, 5) is 14.9. The van der Waals surface area contributed by atoms with Gasteiger partial charge in [-0.2, -0.15) is 11.8 Å². The summed E-state index contributed by atoms with van der Waals surface area (Å²) in [5.41, 5.74) is -0.0964. The first-order valence-corrected chi connectivity index (χ1v) is 7.41. The Balaban J connectivity index is 1.96. The van der Waals surface area contributed by atoms with Crippen molar-refractivity contribution in [3.05, 3.63) is 22.8 Å². The molecule has 1 saturated heterocycles. The Hall–Kier alpha value is -0.940. The smallest absolute Gasteiger partial charge is 0.356 e.